The number of anilines is 1. The van der Waals surface area contributed by atoms with E-state index in [0.717, 1.165) is 38.4 Å². The van der Waals surface area contributed by atoms with Gasteiger partial charge in [-0.1, -0.05) is 35.6 Å². The smallest absolute Gasteiger partial charge is 0.359 e. The Labute approximate surface area is 172 Å². The average molecular weight is 436 g/mol. The second-order valence-electron chi connectivity index (χ2n) is 6.53. The lowest BCUT2D eigenvalue weighted by Crippen LogP contribution is -2.31. The second-order valence-corrected chi connectivity index (χ2v) is 8.34. The number of rotatable bonds is 6. The summed E-state index contributed by atoms with van der Waals surface area (Å²) in [6, 6.07) is 10.8. The standard InChI is InChI=1S/C19H16F3N5S2/c20-19(21,22)14-5-1-11(2-6-14)7-15(23)10-24-18-27-26-17(28-18)12-3-4-13-9-25-29-16(13)8-12/h1-6,8-9,15H,7,10,23H2,(H,24,27)/t15-/m0/s1. The predicted molar refractivity (Wildman–Crippen MR) is 110 cm³/mol. The molecule has 29 heavy (non-hydrogen) atoms. The number of fused-ring (bicyclic) bond motifs is 1. The molecule has 0 saturated carbocycles. The van der Waals surface area contributed by atoms with Crippen LogP contribution in [0.3, 0.4) is 0 Å². The van der Waals surface area contributed by atoms with Gasteiger partial charge in [0.2, 0.25) is 5.13 Å². The maximum absolute atomic E-state index is 12.6. The van der Waals surface area contributed by atoms with Gasteiger partial charge < -0.3 is 11.1 Å². The molecule has 1 atom stereocenters. The highest BCUT2D eigenvalue weighted by atomic mass is 32.1. The largest absolute Gasteiger partial charge is 0.416 e. The minimum atomic E-state index is -4.33. The highest BCUT2D eigenvalue weighted by molar-refractivity contribution is 7.18. The van der Waals surface area contributed by atoms with Crippen molar-refractivity contribution in [3.8, 4) is 10.6 Å². The minimum absolute atomic E-state index is 0.271. The van der Waals surface area contributed by atoms with Crippen molar-refractivity contribution < 1.29 is 13.2 Å². The summed E-state index contributed by atoms with van der Waals surface area (Å²) in [6.07, 6.45) is -2.05. The predicted octanol–water partition coefficient (Wildman–Crippen LogP) is 4.82. The quantitative estimate of drug-likeness (QED) is 0.454. The molecule has 0 spiro atoms. The lowest BCUT2D eigenvalue weighted by molar-refractivity contribution is -0.137. The lowest BCUT2D eigenvalue weighted by atomic mass is 10.0. The van der Waals surface area contributed by atoms with E-state index >= 15 is 0 Å². The van der Waals surface area contributed by atoms with Crippen LogP contribution in [-0.2, 0) is 12.6 Å². The summed E-state index contributed by atoms with van der Waals surface area (Å²) in [5.74, 6) is 0. The summed E-state index contributed by atoms with van der Waals surface area (Å²) in [5, 5.41) is 14.0. The molecule has 0 amide bonds. The monoisotopic (exact) mass is 435 g/mol. The molecule has 0 radical (unpaired) electrons. The molecular formula is C19H16F3N5S2. The first kappa shape index (κ1) is 19.7. The zero-order valence-corrected chi connectivity index (χ0v) is 16.6. The van der Waals surface area contributed by atoms with Crippen LogP contribution in [0.1, 0.15) is 11.1 Å². The van der Waals surface area contributed by atoms with Crippen molar-refractivity contribution in [3.05, 3.63) is 59.8 Å². The maximum atomic E-state index is 12.6. The normalized spacial score (nSPS) is 13.0. The fourth-order valence-electron chi connectivity index (χ4n) is 2.83. The Morgan fingerprint density at radius 2 is 1.86 bits per heavy atom. The van der Waals surface area contributed by atoms with Gasteiger partial charge in [0.15, 0.2) is 0 Å². The van der Waals surface area contributed by atoms with E-state index in [2.05, 4.69) is 19.9 Å². The van der Waals surface area contributed by atoms with E-state index in [-0.39, 0.29) is 6.04 Å². The van der Waals surface area contributed by atoms with E-state index in [1.807, 2.05) is 24.4 Å². The molecule has 10 heteroatoms. The molecule has 0 saturated heterocycles. The average Bonchev–Trinajstić information content (AvgIpc) is 3.35. The third-order valence-corrected chi connectivity index (χ3v) is 6.01. The summed E-state index contributed by atoms with van der Waals surface area (Å²) in [5.41, 5.74) is 7.18. The van der Waals surface area contributed by atoms with Crippen LogP contribution in [0.5, 0.6) is 0 Å². The topological polar surface area (TPSA) is 76.7 Å². The van der Waals surface area contributed by atoms with Gasteiger partial charge in [-0.15, -0.1) is 10.2 Å². The molecule has 0 bridgehead atoms. The summed E-state index contributed by atoms with van der Waals surface area (Å²) in [7, 11) is 0. The van der Waals surface area contributed by atoms with Gasteiger partial charge in [0.1, 0.15) is 5.01 Å². The number of nitrogens with two attached hydrogens (primary N) is 1. The maximum Gasteiger partial charge on any atom is 0.416 e. The molecule has 0 aliphatic heterocycles. The Bertz CT molecular complexity index is 1100. The third kappa shape index (κ3) is 4.72. The van der Waals surface area contributed by atoms with Crippen molar-refractivity contribution >= 4 is 38.1 Å². The third-order valence-electron chi connectivity index (χ3n) is 4.32. The van der Waals surface area contributed by atoms with Gasteiger partial charge in [-0.2, -0.15) is 17.5 Å². The molecule has 150 valence electrons. The van der Waals surface area contributed by atoms with Gasteiger partial charge in [0.05, 0.1) is 10.3 Å². The van der Waals surface area contributed by atoms with E-state index in [1.165, 1.54) is 35.0 Å². The zero-order chi connectivity index (χ0) is 20.4. The number of hydrogen-bond acceptors (Lipinski definition) is 7. The number of nitrogens with zero attached hydrogens (tertiary/aromatic N) is 3. The first-order valence-electron chi connectivity index (χ1n) is 8.72. The molecular weight excluding hydrogens is 419 g/mol. The molecule has 4 rings (SSSR count). The van der Waals surface area contributed by atoms with Crippen molar-refractivity contribution in [2.45, 2.75) is 18.6 Å². The number of nitrogens with one attached hydrogen (secondary N) is 1. The SMILES string of the molecule is N[C@H](CNc1nnc(-c2ccc3cnsc3c2)s1)Cc1ccc(C(F)(F)F)cc1. The molecule has 5 nitrogen and oxygen atoms in total. The van der Waals surface area contributed by atoms with E-state index in [9.17, 15) is 13.2 Å². The Kier molecular flexibility index (Phi) is 5.48. The fourth-order valence-corrected chi connectivity index (χ4v) is 4.26. The van der Waals surface area contributed by atoms with Gasteiger partial charge in [-0.05, 0) is 41.7 Å². The molecule has 0 unspecified atom stereocenters. The van der Waals surface area contributed by atoms with Crippen LogP contribution in [0.2, 0.25) is 0 Å². The first-order chi connectivity index (χ1) is 13.9. The van der Waals surface area contributed by atoms with Gasteiger partial charge in [0.25, 0.3) is 0 Å². The number of aromatic nitrogens is 3. The lowest BCUT2D eigenvalue weighted by Gasteiger charge is -2.13. The van der Waals surface area contributed by atoms with Gasteiger partial charge in [-0.3, -0.25) is 0 Å². The van der Waals surface area contributed by atoms with Crippen molar-refractivity contribution in [2.24, 2.45) is 5.73 Å². The highest BCUT2D eigenvalue weighted by Gasteiger charge is 2.29. The van der Waals surface area contributed by atoms with Crippen LogP contribution in [0, 0.1) is 0 Å². The molecule has 0 aliphatic rings. The van der Waals surface area contributed by atoms with Gasteiger partial charge >= 0.3 is 6.18 Å². The first-order valence-corrected chi connectivity index (χ1v) is 10.3. The van der Waals surface area contributed by atoms with Crippen molar-refractivity contribution in [1.82, 2.24) is 14.6 Å². The number of alkyl halides is 3. The van der Waals surface area contributed by atoms with Crippen molar-refractivity contribution in [1.29, 1.82) is 0 Å². The summed E-state index contributed by atoms with van der Waals surface area (Å²) < 4.78 is 43.1. The minimum Gasteiger partial charge on any atom is -0.359 e. The van der Waals surface area contributed by atoms with Gasteiger partial charge in [-0.25, -0.2) is 0 Å². The van der Waals surface area contributed by atoms with Crippen LogP contribution in [0.4, 0.5) is 18.3 Å². The molecule has 2 aromatic carbocycles. The van der Waals surface area contributed by atoms with Crippen LogP contribution in [0.15, 0.2) is 48.7 Å². The van der Waals surface area contributed by atoms with Crippen LogP contribution in [-0.4, -0.2) is 27.2 Å². The molecule has 0 aliphatic carbocycles. The Hall–Kier alpha value is -2.56. The van der Waals surface area contributed by atoms with Crippen molar-refractivity contribution in [3.63, 3.8) is 0 Å². The molecule has 4 aromatic rings. The van der Waals surface area contributed by atoms with Crippen LogP contribution in [0.25, 0.3) is 20.7 Å². The van der Waals surface area contributed by atoms with Crippen molar-refractivity contribution in [2.75, 3.05) is 11.9 Å². The number of halogens is 3. The van der Waals surface area contributed by atoms with E-state index in [0.29, 0.717) is 18.1 Å². The number of benzene rings is 2. The Morgan fingerprint density at radius 1 is 1.07 bits per heavy atom. The summed E-state index contributed by atoms with van der Waals surface area (Å²) in [6.45, 7) is 0.434. The second kappa shape index (κ2) is 8.05. The van der Waals surface area contributed by atoms with E-state index in [1.54, 1.807) is 0 Å². The summed E-state index contributed by atoms with van der Waals surface area (Å²) >= 11 is 2.85. The van der Waals surface area contributed by atoms with E-state index < -0.39 is 11.7 Å². The number of hydrogen-bond donors (Lipinski definition) is 2. The Balaban J connectivity index is 1.34. The summed E-state index contributed by atoms with van der Waals surface area (Å²) in [4.78, 5) is 0. The molecule has 3 N–H and O–H groups in total. The molecule has 2 heterocycles. The highest BCUT2D eigenvalue weighted by Crippen LogP contribution is 2.31. The van der Waals surface area contributed by atoms with Crippen LogP contribution >= 0.6 is 22.9 Å². The molecule has 2 aromatic heterocycles. The van der Waals surface area contributed by atoms with Gasteiger partial charge in [0, 0.05) is 29.7 Å². The fraction of sp³-hybridized carbons (Fsp3) is 0.211. The zero-order valence-electron chi connectivity index (χ0n) is 15.0. The molecule has 0 fully saturated rings. The van der Waals surface area contributed by atoms with Crippen LogP contribution < -0.4 is 11.1 Å². The van der Waals surface area contributed by atoms with E-state index in [4.69, 9.17) is 5.73 Å². The Morgan fingerprint density at radius 3 is 2.62 bits per heavy atom.